The molecule has 0 bridgehead atoms. The fourth-order valence-electron chi connectivity index (χ4n) is 5.93. The molecule has 47 heavy (non-hydrogen) atoms. The van der Waals surface area contributed by atoms with Crippen molar-refractivity contribution < 1.29 is 28.4 Å². The number of carbonyl (C=O) groups excluding carboxylic acids is 5. The molecule has 0 aliphatic carbocycles. The smallest absolute Gasteiger partial charge is 0.263 e. The van der Waals surface area contributed by atoms with Crippen LogP contribution in [0.4, 0.5) is 0 Å². The highest BCUT2D eigenvalue weighted by molar-refractivity contribution is 7.98. The van der Waals surface area contributed by atoms with Crippen molar-refractivity contribution in [1.82, 2.24) is 20.5 Å². The number of imide groups is 2. The van der Waals surface area contributed by atoms with Crippen molar-refractivity contribution in [3.05, 3.63) is 131 Å². The monoisotopic (exact) mass is 644 g/mol. The van der Waals surface area contributed by atoms with Crippen molar-refractivity contribution in [3.63, 3.8) is 0 Å². The summed E-state index contributed by atoms with van der Waals surface area (Å²) in [7, 11) is 0. The number of para-hydroxylation sites is 1. The van der Waals surface area contributed by atoms with Gasteiger partial charge >= 0.3 is 0 Å². The SMILES string of the molecule is O=C1CCC(N2C(=O)c3cccc(SCc4ccc(CC(=O)NC(c5cccnc5)c5cc6ccccc6o5)cc4)c3C2=O)C(=O)N1. The summed E-state index contributed by atoms with van der Waals surface area (Å²) in [4.78, 5) is 69.6. The minimum Gasteiger partial charge on any atom is -0.459 e. The maximum Gasteiger partial charge on any atom is 0.263 e. The molecule has 1 fully saturated rings. The molecule has 5 aromatic rings. The third kappa shape index (κ3) is 6.05. The van der Waals surface area contributed by atoms with Crippen LogP contribution >= 0.6 is 11.8 Å². The first-order valence-corrected chi connectivity index (χ1v) is 16.1. The van der Waals surface area contributed by atoms with Gasteiger partial charge in [0.25, 0.3) is 11.8 Å². The van der Waals surface area contributed by atoms with Gasteiger partial charge in [-0.3, -0.25) is 39.2 Å². The van der Waals surface area contributed by atoms with Crippen LogP contribution in [0.15, 0.2) is 107 Å². The second-order valence-corrected chi connectivity index (χ2v) is 12.4. The van der Waals surface area contributed by atoms with E-state index >= 15 is 0 Å². The van der Waals surface area contributed by atoms with E-state index in [-0.39, 0.29) is 36.3 Å². The number of pyridine rings is 1. The molecule has 3 aromatic carbocycles. The summed E-state index contributed by atoms with van der Waals surface area (Å²) >= 11 is 1.41. The van der Waals surface area contributed by atoms with Crippen LogP contribution < -0.4 is 10.6 Å². The topological polar surface area (TPSA) is 139 Å². The Kier molecular flexibility index (Phi) is 8.13. The van der Waals surface area contributed by atoms with E-state index in [1.165, 1.54) is 11.8 Å². The quantitative estimate of drug-likeness (QED) is 0.170. The highest BCUT2D eigenvalue weighted by Gasteiger charge is 2.45. The molecule has 4 heterocycles. The summed E-state index contributed by atoms with van der Waals surface area (Å²) in [5, 5.41) is 6.27. The Bertz CT molecular complexity index is 2010. The second-order valence-electron chi connectivity index (χ2n) is 11.4. The van der Waals surface area contributed by atoms with Crippen LogP contribution in [0.25, 0.3) is 11.0 Å². The Morgan fingerprint density at radius 2 is 1.77 bits per heavy atom. The minimum absolute atomic E-state index is 0.0649. The van der Waals surface area contributed by atoms with Gasteiger partial charge in [0.2, 0.25) is 17.7 Å². The van der Waals surface area contributed by atoms with Crippen LogP contribution in [0.2, 0.25) is 0 Å². The van der Waals surface area contributed by atoms with Gasteiger partial charge in [-0.15, -0.1) is 11.8 Å². The van der Waals surface area contributed by atoms with Gasteiger partial charge in [-0.05, 0) is 47.9 Å². The van der Waals surface area contributed by atoms with Crippen LogP contribution in [-0.4, -0.2) is 45.5 Å². The molecule has 2 N–H and O–H groups in total. The lowest BCUT2D eigenvalue weighted by molar-refractivity contribution is -0.136. The van der Waals surface area contributed by atoms with Gasteiger partial charge in [0.15, 0.2) is 0 Å². The number of hydrogen-bond donors (Lipinski definition) is 2. The highest BCUT2D eigenvalue weighted by Crippen LogP contribution is 2.36. The number of thioether (sulfide) groups is 1. The van der Waals surface area contributed by atoms with Gasteiger partial charge in [0.05, 0.1) is 17.5 Å². The molecular weight excluding hydrogens is 616 g/mol. The second kappa shape index (κ2) is 12.7. The molecule has 10 nitrogen and oxygen atoms in total. The number of nitrogens with one attached hydrogen (secondary N) is 2. The maximum atomic E-state index is 13.4. The summed E-state index contributed by atoms with van der Waals surface area (Å²) in [6, 6.07) is 24.5. The standard InChI is InChI=1S/C36H28N4O6S/c41-30-15-14-26(34(43)39-30)40-35(44)25-7-3-9-29(32(25)36(40)45)47-20-22-12-10-21(11-13-22)17-31(42)38-33(24-6-4-16-37-19-24)28-18-23-5-1-2-8-27(23)46-28/h1-13,16,18-19,26,33H,14-15,17,20H2,(H,38,42)(H,39,41,43). The first kappa shape index (κ1) is 30.1. The number of hydrogen-bond acceptors (Lipinski definition) is 8. The van der Waals surface area contributed by atoms with E-state index in [0.29, 0.717) is 16.4 Å². The third-order valence-electron chi connectivity index (χ3n) is 8.26. The number of amides is 5. The minimum atomic E-state index is -1.01. The van der Waals surface area contributed by atoms with Crippen LogP contribution in [0.3, 0.4) is 0 Å². The average molecular weight is 645 g/mol. The number of carbonyl (C=O) groups is 5. The fraction of sp³-hybridized carbons (Fsp3) is 0.167. The van der Waals surface area contributed by atoms with Crippen molar-refractivity contribution >= 4 is 52.3 Å². The van der Waals surface area contributed by atoms with E-state index < -0.39 is 35.7 Å². The predicted octanol–water partition coefficient (Wildman–Crippen LogP) is 4.97. The zero-order valence-corrected chi connectivity index (χ0v) is 25.8. The summed E-state index contributed by atoms with van der Waals surface area (Å²) in [5.74, 6) is -1.16. The zero-order valence-electron chi connectivity index (χ0n) is 25.0. The lowest BCUT2D eigenvalue weighted by atomic mass is 10.0. The first-order chi connectivity index (χ1) is 22.9. The van der Waals surface area contributed by atoms with Crippen LogP contribution in [0.1, 0.15) is 62.1 Å². The summed E-state index contributed by atoms with van der Waals surface area (Å²) in [6.45, 7) is 0. The number of furan rings is 1. The Balaban J connectivity index is 1.01. The van der Waals surface area contributed by atoms with Gasteiger partial charge < -0.3 is 9.73 Å². The Morgan fingerprint density at radius 3 is 2.53 bits per heavy atom. The number of benzene rings is 3. The molecule has 2 aliphatic rings. The van der Waals surface area contributed by atoms with Crippen LogP contribution in [-0.2, 0) is 26.6 Å². The molecule has 5 amide bonds. The molecule has 11 heteroatoms. The maximum absolute atomic E-state index is 13.4. The molecule has 7 rings (SSSR count). The molecule has 0 spiro atoms. The largest absolute Gasteiger partial charge is 0.459 e. The first-order valence-electron chi connectivity index (χ1n) is 15.1. The van der Waals surface area contributed by atoms with Gasteiger partial charge in [-0.1, -0.05) is 54.6 Å². The van der Waals surface area contributed by atoms with Gasteiger partial charge in [0.1, 0.15) is 23.4 Å². The zero-order chi connectivity index (χ0) is 32.5. The summed E-state index contributed by atoms with van der Waals surface area (Å²) in [6.07, 6.45) is 3.72. The lowest BCUT2D eigenvalue weighted by Gasteiger charge is -2.27. The molecule has 0 saturated carbocycles. The Hall–Kier alpha value is -5.55. The third-order valence-corrected chi connectivity index (χ3v) is 9.39. The number of fused-ring (bicyclic) bond motifs is 2. The molecular formula is C36H28N4O6S. The molecule has 2 atom stereocenters. The van der Waals surface area contributed by atoms with Crippen molar-refractivity contribution in [2.75, 3.05) is 0 Å². The molecule has 1 saturated heterocycles. The van der Waals surface area contributed by atoms with Crippen molar-refractivity contribution in [1.29, 1.82) is 0 Å². The number of nitrogens with zero attached hydrogens (tertiary/aromatic N) is 2. The fourth-order valence-corrected chi connectivity index (χ4v) is 6.96. The van der Waals surface area contributed by atoms with E-state index in [1.54, 1.807) is 30.6 Å². The number of rotatable bonds is 9. The molecule has 0 radical (unpaired) electrons. The molecule has 2 unspecified atom stereocenters. The van der Waals surface area contributed by atoms with Gasteiger partial charge in [-0.2, -0.15) is 0 Å². The Morgan fingerprint density at radius 1 is 0.957 bits per heavy atom. The van der Waals surface area contributed by atoms with E-state index in [2.05, 4.69) is 15.6 Å². The predicted molar refractivity (Wildman–Crippen MR) is 173 cm³/mol. The van der Waals surface area contributed by atoms with Crippen LogP contribution in [0.5, 0.6) is 0 Å². The lowest BCUT2D eigenvalue weighted by Crippen LogP contribution is -2.54. The van der Waals surface area contributed by atoms with E-state index in [0.717, 1.165) is 32.6 Å². The average Bonchev–Trinajstić information content (AvgIpc) is 3.62. The summed E-state index contributed by atoms with van der Waals surface area (Å²) in [5.41, 5.74) is 3.85. The van der Waals surface area contributed by atoms with E-state index in [1.807, 2.05) is 66.7 Å². The molecule has 2 aromatic heterocycles. The van der Waals surface area contributed by atoms with Crippen molar-refractivity contribution in [3.8, 4) is 0 Å². The van der Waals surface area contributed by atoms with E-state index in [9.17, 15) is 24.0 Å². The van der Waals surface area contributed by atoms with Crippen molar-refractivity contribution in [2.24, 2.45) is 0 Å². The van der Waals surface area contributed by atoms with Crippen LogP contribution in [0, 0.1) is 0 Å². The molecule has 2 aliphatic heterocycles. The van der Waals surface area contributed by atoms with Crippen molar-refractivity contribution in [2.45, 2.75) is 42.0 Å². The Labute approximate surface area is 273 Å². The number of piperidine rings is 1. The molecule has 234 valence electrons. The highest BCUT2D eigenvalue weighted by atomic mass is 32.2. The number of aromatic nitrogens is 1. The van der Waals surface area contributed by atoms with E-state index in [4.69, 9.17) is 4.42 Å². The van der Waals surface area contributed by atoms with Gasteiger partial charge in [-0.25, -0.2) is 0 Å². The van der Waals surface area contributed by atoms with Gasteiger partial charge in [0, 0.05) is 40.4 Å². The summed E-state index contributed by atoms with van der Waals surface area (Å²) < 4.78 is 6.08. The normalized spacial score (nSPS) is 16.7.